The van der Waals surface area contributed by atoms with Crippen LogP contribution in [0.5, 0.6) is 0 Å². The van der Waals surface area contributed by atoms with Crippen molar-refractivity contribution in [3.05, 3.63) is 29.3 Å². The van der Waals surface area contributed by atoms with Crippen LogP contribution in [-0.2, 0) is 14.3 Å². The minimum absolute atomic E-state index is 0.298. The molecule has 0 spiro atoms. The number of hydrogen-bond acceptors (Lipinski definition) is 6. The van der Waals surface area contributed by atoms with Gasteiger partial charge < -0.3 is 15.2 Å². The van der Waals surface area contributed by atoms with Crippen molar-refractivity contribution < 1.29 is 19.1 Å². The van der Waals surface area contributed by atoms with Crippen molar-refractivity contribution in [2.45, 2.75) is 12.2 Å². The van der Waals surface area contributed by atoms with Crippen LogP contribution in [0.4, 0.5) is 5.69 Å². The summed E-state index contributed by atoms with van der Waals surface area (Å²) in [5, 5.41) is -0.551. The number of hydrogen-bond donors (Lipinski definition) is 1. The quantitative estimate of drug-likeness (QED) is 0.658. The maximum absolute atomic E-state index is 11.9. The second-order valence-electron chi connectivity index (χ2n) is 3.70. The second-order valence-corrected chi connectivity index (χ2v) is 4.65. The summed E-state index contributed by atoms with van der Waals surface area (Å²) in [4.78, 5) is 23.4. The molecular weight excluding hydrogens is 266 g/mol. The Balaban J connectivity index is 3.15. The van der Waals surface area contributed by atoms with E-state index in [9.17, 15) is 9.59 Å². The average molecular weight is 283 g/mol. The first kappa shape index (κ1) is 15.4. The number of rotatable bonds is 5. The molecule has 2 N–H and O–H groups in total. The number of thioether (sulfide) groups is 1. The minimum atomic E-state index is -0.551. The average Bonchev–Trinajstić information content (AvgIpc) is 2.41. The highest BCUT2D eigenvalue weighted by atomic mass is 32.2. The van der Waals surface area contributed by atoms with E-state index in [4.69, 9.17) is 10.5 Å². The molecule has 0 amide bonds. The van der Waals surface area contributed by atoms with Crippen molar-refractivity contribution in [1.82, 2.24) is 0 Å². The zero-order valence-corrected chi connectivity index (χ0v) is 12.0. The fourth-order valence-corrected chi connectivity index (χ4v) is 2.33. The molecule has 0 heterocycles. The fraction of sp³-hybridized carbons (Fsp3) is 0.385. The SMILES string of the molecule is CCOC(=O)C(SC)c1cc(C(=O)OC)ccc1N. The van der Waals surface area contributed by atoms with Gasteiger partial charge in [-0.25, -0.2) is 4.79 Å². The van der Waals surface area contributed by atoms with Crippen LogP contribution >= 0.6 is 11.8 Å². The zero-order chi connectivity index (χ0) is 14.4. The van der Waals surface area contributed by atoms with Crippen LogP contribution in [0, 0.1) is 0 Å². The van der Waals surface area contributed by atoms with Crippen LogP contribution < -0.4 is 5.73 Å². The van der Waals surface area contributed by atoms with E-state index in [2.05, 4.69) is 4.74 Å². The van der Waals surface area contributed by atoms with Gasteiger partial charge in [-0.05, 0) is 31.4 Å². The summed E-state index contributed by atoms with van der Waals surface area (Å²) < 4.78 is 9.65. The maximum Gasteiger partial charge on any atom is 0.337 e. The molecule has 1 aromatic carbocycles. The number of carbonyl (C=O) groups excluding carboxylic acids is 2. The smallest absolute Gasteiger partial charge is 0.337 e. The van der Waals surface area contributed by atoms with Crippen molar-refractivity contribution in [2.75, 3.05) is 25.7 Å². The van der Waals surface area contributed by atoms with Gasteiger partial charge in [0.25, 0.3) is 0 Å². The number of anilines is 1. The lowest BCUT2D eigenvalue weighted by Gasteiger charge is -2.16. The lowest BCUT2D eigenvalue weighted by molar-refractivity contribution is -0.142. The van der Waals surface area contributed by atoms with E-state index < -0.39 is 11.2 Å². The highest BCUT2D eigenvalue weighted by Crippen LogP contribution is 2.32. The number of carbonyl (C=O) groups is 2. The van der Waals surface area contributed by atoms with Crippen LogP contribution in [0.1, 0.15) is 28.1 Å². The Morgan fingerprint density at radius 1 is 1.42 bits per heavy atom. The lowest BCUT2D eigenvalue weighted by atomic mass is 10.1. The Kier molecular flexibility index (Phi) is 5.69. The summed E-state index contributed by atoms with van der Waals surface area (Å²) in [5.74, 6) is -0.839. The molecule has 1 atom stereocenters. The Labute approximate surface area is 116 Å². The van der Waals surface area contributed by atoms with Crippen molar-refractivity contribution in [1.29, 1.82) is 0 Å². The first-order valence-electron chi connectivity index (χ1n) is 5.72. The van der Waals surface area contributed by atoms with Gasteiger partial charge in [0.15, 0.2) is 0 Å². The molecule has 1 rings (SSSR count). The van der Waals surface area contributed by atoms with E-state index in [0.717, 1.165) is 0 Å². The number of ether oxygens (including phenoxy) is 2. The Morgan fingerprint density at radius 2 is 2.11 bits per heavy atom. The van der Waals surface area contributed by atoms with E-state index in [1.807, 2.05) is 0 Å². The largest absolute Gasteiger partial charge is 0.465 e. The van der Waals surface area contributed by atoms with E-state index in [0.29, 0.717) is 23.4 Å². The third kappa shape index (κ3) is 3.64. The molecule has 1 aromatic rings. The molecule has 0 aliphatic heterocycles. The zero-order valence-electron chi connectivity index (χ0n) is 11.1. The molecule has 5 nitrogen and oxygen atoms in total. The third-order valence-electron chi connectivity index (χ3n) is 2.53. The Morgan fingerprint density at radius 3 is 2.63 bits per heavy atom. The van der Waals surface area contributed by atoms with Gasteiger partial charge in [-0.1, -0.05) is 0 Å². The maximum atomic E-state index is 11.9. The monoisotopic (exact) mass is 283 g/mol. The number of benzene rings is 1. The topological polar surface area (TPSA) is 78.6 Å². The van der Waals surface area contributed by atoms with E-state index in [1.54, 1.807) is 31.4 Å². The van der Waals surface area contributed by atoms with E-state index in [1.165, 1.54) is 18.9 Å². The summed E-state index contributed by atoms with van der Waals surface area (Å²) in [6.45, 7) is 2.04. The van der Waals surface area contributed by atoms with Crippen molar-refractivity contribution in [3.63, 3.8) is 0 Å². The number of esters is 2. The van der Waals surface area contributed by atoms with Gasteiger partial charge in [0.2, 0.25) is 0 Å². The van der Waals surface area contributed by atoms with Crippen molar-refractivity contribution in [2.24, 2.45) is 0 Å². The molecule has 19 heavy (non-hydrogen) atoms. The number of nitrogens with two attached hydrogens (primary N) is 1. The molecule has 0 fully saturated rings. The first-order valence-corrected chi connectivity index (χ1v) is 7.01. The molecule has 1 unspecified atom stereocenters. The second kappa shape index (κ2) is 7.04. The van der Waals surface area contributed by atoms with Crippen LogP contribution in [0.15, 0.2) is 18.2 Å². The highest BCUT2D eigenvalue weighted by Gasteiger charge is 2.24. The molecule has 104 valence electrons. The van der Waals surface area contributed by atoms with E-state index in [-0.39, 0.29) is 5.97 Å². The van der Waals surface area contributed by atoms with Gasteiger partial charge in [0.05, 0.1) is 19.3 Å². The van der Waals surface area contributed by atoms with Gasteiger partial charge in [0, 0.05) is 11.3 Å². The molecule has 0 aliphatic rings. The van der Waals surface area contributed by atoms with Crippen LogP contribution in [0.2, 0.25) is 0 Å². The van der Waals surface area contributed by atoms with Crippen molar-refractivity contribution in [3.8, 4) is 0 Å². The molecule has 0 saturated carbocycles. The van der Waals surface area contributed by atoms with Gasteiger partial charge >= 0.3 is 11.9 Å². The minimum Gasteiger partial charge on any atom is -0.465 e. The predicted octanol–water partition coefficient (Wildman–Crippen LogP) is 2.02. The Hall–Kier alpha value is -1.69. The molecular formula is C13H17NO4S. The van der Waals surface area contributed by atoms with E-state index >= 15 is 0 Å². The summed E-state index contributed by atoms with van der Waals surface area (Å²) in [7, 11) is 1.30. The highest BCUT2D eigenvalue weighted by molar-refractivity contribution is 7.99. The van der Waals surface area contributed by atoms with Gasteiger partial charge in [-0.15, -0.1) is 11.8 Å². The van der Waals surface area contributed by atoms with Crippen LogP contribution in [0.25, 0.3) is 0 Å². The molecule has 0 aliphatic carbocycles. The molecule has 0 aromatic heterocycles. The van der Waals surface area contributed by atoms with Gasteiger partial charge in [-0.3, -0.25) is 4.79 Å². The van der Waals surface area contributed by atoms with Crippen LogP contribution in [0.3, 0.4) is 0 Å². The number of methoxy groups -OCH3 is 1. The molecule has 0 saturated heterocycles. The fourth-order valence-electron chi connectivity index (χ4n) is 1.61. The van der Waals surface area contributed by atoms with Gasteiger partial charge in [-0.2, -0.15) is 0 Å². The molecule has 0 radical (unpaired) electrons. The normalized spacial score (nSPS) is 11.7. The standard InChI is InChI=1S/C13H17NO4S/c1-4-18-13(16)11(19-3)9-7-8(12(15)17-2)5-6-10(9)14/h5-7,11H,4,14H2,1-3H3. The third-order valence-corrected chi connectivity index (χ3v) is 3.44. The predicted molar refractivity (Wildman–Crippen MR) is 75.1 cm³/mol. The summed E-state index contributed by atoms with van der Waals surface area (Å²) in [6.07, 6.45) is 1.78. The van der Waals surface area contributed by atoms with Crippen LogP contribution in [-0.4, -0.2) is 31.9 Å². The number of nitrogen functional groups attached to an aromatic ring is 1. The lowest BCUT2D eigenvalue weighted by Crippen LogP contribution is -2.15. The Bertz CT molecular complexity index is 476. The molecule has 0 bridgehead atoms. The summed E-state index contributed by atoms with van der Waals surface area (Å²) >= 11 is 1.31. The summed E-state index contributed by atoms with van der Waals surface area (Å²) in [6, 6.07) is 4.72. The summed E-state index contributed by atoms with van der Waals surface area (Å²) in [5.41, 5.74) is 7.23. The molecule has 6 heteroatoms. The van der Waals surface area contributed by atoms with Gasteiger partial charge in [0.1, 0.15) is 5.25 Å². The van der Waals surface area contributed by atoms with Crippen molar-refractivity contribution >= 4 is 29.4 Å². The first-order chi connectivity index (χ1) is 9.04.